The van der Waals surface area contributed by atoms with E-state index in [2.05, 4.69) is 96.1 Å². The summed E-state index contributed by atoms with van der Waals surface area (Å²) in [6.07, 6.45) is 0. The van der Waals surface area contributed by atoms with Crippen molar-refractivity contribution in [2.75, 3.05) is 0 Å². The first-order valence-corrected chi connectivity index (χ1v) is 14.8. The highest BCUT2D eigenvalue weighted by atomic mass is 32.1. The highest BCUT2D eigenvalue weighted by Gasteiger charge is 2.25. The summed E-state index contributed by atoms with van der Waals surface area (Å²) in [6, 6.07) is 29.3. The lowest BCUT2D eigenvalue weighted by molar-refractivity contribution is 0.452. The van der Waals surface area contributed by atoms with Crippen molar-refractivity contribution in [3.05, 3.63) is 96.1 Å². The SMILES string of the molecule is CC(C)(C)c1ccc(-c2cccc(Oc3nc(-c4cccc(C(C)(C)C)c4)c4oc5cccc6sc3c4c56)n2)cc1. The van der Waals surface area contributed by atoms with Crippen LogP contribution in [-0.2, 0) is 10.8 Å². The summed E-state index contributed by atoms with van der Waals surface area (Å²) in [6.45, 7) is 13.3. The van der Waals surface area contributed by atoms with Crippen LogP contribution in [-0.4, -0.2) is 9.97 Å². The number of aromatic nitrogens is 2. The molecule has 0 N–H and O–H groups in total. The molecule has 3 aromatic carbocycles. The molecule has 4 nitrogen and oxygen atoms in total. The summed E-state index contributed by atoms with van der Waals surface area (Å²) in [7, 11) is 0. The number of hydrogen-bond acceptors (Lipinski definition) is 5. The topological polar surface area (TPSA) is 48.2 Å². The van der Waals surface area contributed by atoms with Crippen LogP contribution in [0.25, 0.3) is 53.9 Å². The van der Waals surface area contributed by atoms with Crippen LogP contribution in [0.2, 0.25) is 0 Å². The lowest BCUT2D eigenvalue weighted by Crippen LogP contribution is -2.10. The molecule has 0 aliphatic rings. The van der Waals surface area contributed by atoms with Gasteiger partial charge in [0, 0.05) is 27.3 Å². The maximum Gasteiger partial charge on any atom is 0.240 e. The minimum Gasteiger partial charge on any atom is -0.454 e. The third-order valence-electron chi connectivity index (χ3n) is 7.71. The summed E-state index contributed by atoms with van der Waals surface area (Å²) < 4.78 is 15.1. The van der Waals surface area contributed by atoms with Crippen LogP contribution >= 0.6 is 11.3 Å². The number of ether oxygens (including phenoxy) is 1. The van der Waals surface area contributed by atoms with Crippen molar-refractivity contribution in [3.63, 3.8) is 0 Å². The highest BCUT2D eigenvalue weighted by molar-refractivity contribution is 7.26. The van der Waals surface area contributed by atoms with Crippen molar-refractivity contribution in [3.8, 4) is 34.3 Å². The molecule has 7 rings (SSSR count). The average Bonchev–Trinajstić information content (AvgIpc) is 3.54. The van der Waals surface area contributed by atoms with Gasteiger partial charge in [0.25, 0.3) is 0 Å². The van der Waals surface area contributed by atoms with Crippen LogP contribution in [0, 0.1) is 0 Å². The molecule has 0 saturated carbocycles. The van der Waals surface area contributed by atoms with E-state index in [0.29, 0.717) is 11.8 Å². The van der Waals surface area contributed by atoms with Gasteiger partial charge in [-0.2, -0.15) is 0 Å². The van der Waals surface area contributed by atoms with Gasteiger partial charge >= 0.3 is 0 Å². The fraction of sp³-hybridized carbons (Fsp3) is 0.222. The molecule has 5 heteroatoms. The fourth-order valence-electron chi connectivity index (χ4n) is 5.37. The first-order chi connectivity index (χ1) is 19.6. The molecule has 0 spiro atoms. The monoisotopic (exact) mass is 556 g/mol. The van der Waals surface area contributed by atoms with Crippen molar-refractivity contribution in [2.24, 2.45) is 0 Å². The molecule has 0 unspecified atom stereocenters. The zero-order chi connectivity index (χ0) is 28.5. The first-order valence-electron chi connectivity index (χ1n) is 14.0. The van der Waals surface area contributed by atoms with Gasteiger partial charge in [-0.05, 0) is 46.2 Å². The highest BCUT2D eigenvalue weighted by Crippen LogP contribution is 2.49. The van der Waals surface area contributed by atoms with Crippen LogP contribution < -0.4 is 4.74 Å². The molecule has 4 heterocycles. The molecule has 7 aromatic rings. The molecule has 204 valence electrons. The van der Waals surface area contributed by atoms with Crippen LogP contribution in [0.15, 0.2) is 89.3 Å². The maximum absolute atomic E-state index is 6.53. The number of nitrogens with zero attached hydrogens (tertiary/aromatic N) is 2. The fourth-order valence-corrected chi connectivity index (χ4v) is 6.51. The van der Waals surface area contributed by atoms with Gasteiger partial charge in [-0.15, -0.1) is 11.3 Å². The second-order valence-electron chi connectivity index (χ2n) is 12.8. The number of pyridine rings is 2. The molecule has 0 bridgehead atoms. The third kappa shape index (κ3) is 4.45. The Kier molecular flexibility index (Phi) is 5.74. The molecule has 0 fully saturated rings. The van der Waals surface area contributed by atoms with E-state index in [-0.39, 0.29) is 10.8 Å². The van der Waals surface area contributed by atoms with E-state index in [1.807, 2.05) is 30.3 Å². The molecule has 0 atom stereocenters. The van der Waals surface area contributed by atoms with E-state index in [4.69, 9.17) is 19.1 Å². The van der Waals surface area contributed by atoms with Crippen molar-refractivity contribution in [1.29, 1.82) is 0 Å². The van der Waals surface area contributed by atoms with Gasteiger partial charge in [-0.25, -0.2) is 9.97 Å². The second-order valence-corrected chi connectivity index (χ2v) is 13.8. The Morgan fingerprint density at radius 1 is 0.683 bits per heavy atom. The number of thiophene rings is 1. The predicted octanol–water partition coefficient (Wildman–Crippen LogP) is 10.7. The van der Waals surface area contributed by atoms with E-state index in [9.17, 15) is 0 Å². The molecule has 41 heavy (non-hydrogen) atoms. The van der Waals surface area contributed by atoms with Crippen LogP contribution in [0.4, 0.5) is 0 Å². The lowest BCUT2D eigenvalue weighted by Gasteiger charge is -2.20. The zero-order valence-corrected chi connectivity index (χ0v) is 25.0. The van der Waals surface area contributed by atoms with E-state index in [1.165, 1.54) is 11.1 Å². The molecular weight excluding hydrogens is 524 g/mol. The Hall–Kier alpha value is -4.22. The van der Waals surface area contributed by atoms with Crippen LogP contribution in [0.1, 0.15) is 52.7 Å². The summed E-state index contributed by atoms with van der Waals surface area (Å²) in [5.41, 5.74) is 8.01. The second kappa shape index (κ2) is 9.15. The van der Waals surface area contributed by atoms with Gasteiger partial charge in [0.15, 0.2) is 5.58 Å². The van der Waals surface area contributed by atoms with Gasteiger partial charge in [-0.3, -0.25) is 0 Å². The Morgan fingerprint density at radius 2 is 1.41 bits per heavy atom. The third-order valence-corrected chi connectivity index (χ3v) is 8.86. The molecule has 0 saturated heterocycles. The largest absolute Gasteiger partial charge is 0.454 e. The van der Waals surface area contributed by atoms with E-state index in [1.54, 1.807) is 11.3 Å². The summed E-state index contributed by atoms with van der Waals surface area (Å²) in [5.74, 6) is 1.06. The number of furan rings is 1. The predicted molar refractivity (Wildman–Crippen MR) is 171 cm³/mol. The maximum atomic E-state index is 6.53. The molecule has 0 radical (unpaired) electrons. The Labute approximate surface area is 244 Å². The number of hydrogen-bond donors (Lipinski definition) is 0. The summed E-state index contributed by atoms with van der Waals surface area (Å²) in [4.78, 5) is 10.00. The number of rotatable bonds is 4. The minimum atomic E-state index is 0.00863. The molecule has 4 aromatic heterocycles. The van der Waals surface area contributed by atoms with Gasteiger partial charge in [0.05, 0.1) is 11.1 Å². The molecule has 0 aliphatic carbocycles. The van der Waals surface area contributed by atoms with Gasteiger partial charge in [-0.1, -0.05) is 96.1 Å². The van der Waals surface area contributed by atoms with E-state index >= 15 is 0 Å². The molecule has 0 amide bonds. The minimum absolute atomic E-state index is 0.00863. The molecule has 0 aliphatic heterocycles. The quantitative estimate of drug-likeness (QED) is 0.216. The summed E-state index contributed by atoms with van der Waals surface area (Å²) in [5, 5.41) is 2.19. The normalized spacial score (nSPS) is 12.6. The average molecular weight is 557 g/mol. The van der Waals surface area contributed by atoms with Crippen molar-refractivity contribution < 1.29 is 9.15 Å². The summed E-state index contributed by atoms with van der Waals surface area (Å²) >= 11 is 1.68. The van der Waals surface area contributed by atoms with Crippen molar-refractivity contribution >= 4 is 42.7 Å². The van der Waals surface area contributed by atoms with Crippen molar-refractivity contribution in [1.82, 2.24) is 9.97 Å². The lowest BCUT2D eigenvalue weighted by atomic mass is 9.86. The van der Waals surface area contributed by atoms with Gasteiger partial charge in [0.1, 0.15) is 16.0 Å². The van der Waals surface area contributed by atoms with Gasteiger partial charge < -0.3 is 9.15 Å². The Balaban J connectivity index is 1.36. The van der Waals surface area contributed by atoms with E-state index in [0.717, 1.165) is 53.9 Å². The Morgan fingerprint density at radius 3 is 2.17 bits per heavy atom. The Bertz CT molecular complexity index is 2040. The number of benzene rings is 3. The standard InChI is InChI=1S/C36H32N2O2S/c1-35(2,3)23-18-16-21(17-19-23)25-12-8-15-28(37-25)40-34-33-30-29-26(13-9-14-27(29)41-33)39-32(30)31(38-34)22-10-7-11-24(20-22)36(4,5)6/h7-20H,1-6H3. The first kappa shape index (κ1) is 25.7. The van der Waals surface area contributed by atoms with Gasteiger partial charge in [0.2, 0.25) is 11.8 Å². The van der Waals surface area contributed by atoms with Crippen LogP contribution in [0.5, 0.6) is 11.8 Å². The zero-order valence-electron chi connectivity index (χ0n) is 24.2. The van der Waals surface area contributed by atoms with Crippen molar-refractivity contribution in [2.45, 2.75) is 52.4 Å². The molecular formula is C36H32N2O2S. The van der Waals surface area contributed by atoms with Crippen LogP contribution in [0.3, 0.4) is 0 Å². The van der Waals surface area contributed by atoms with E-state index < -0.39 is 0 Å². The smallest absolute Gasteiger partial charge is 0.240 e.